The van der Waals surface area contributed by atoms with E-state index in [0.717, 1.165) is 47.3 Å². The topological polar surface area (TPSA) is 98.8 Å². The predicted octanol–water partition coefficient (Wildman–Crippen LogP) is 5.21. The number of carbonyl (C=O) groups excluding carboxylic acids is 1. The standard InChI is InChI=1S/C27H29F3N4O4/c1-15-12-31-23-19(15)11-18(13-32-23)17-9-16-6-8-33(24(35)26(2,38-3)27(28,29)30)14-21(16)20(10-17)22-5-4-7-34(22)25(36)37/h9-13,22H,4-8,14H2,1-3H3,(H,31,32)(H,36,37). The lowest BCUT2D eigenvalue weighted by Crippen LogP contribution is -2.58. The van der Waals surface area contributed by atoms with Crippen molar-refractivity contribution in [2.24, 2.45) is 0 Å². The number of aromatic nitrogens is 2. The Morgan fingerprint density at radius 3 is 2.63 bits per heavy atom. The van der Waals surface area contributed by atoms with Crippen molar-refractivity contribution in [1.82, 2.24) is 19.8 Å². The van der Waals surface area contributed by atoms with Crippen molar-refractivity contribution in [2.75, 3.05) is 20.2 Å². The van der Waals surface area contributed by atoms with Crippen LogP contribution in [0.4, 0.5) is 18.0 Å². The Morgan fingerprint density at radius 2 is 1.95 bits per heavy atom. The van der Waals surface area contributed by atoms with Crippen LogP contribution in [0.1, 0.15) is 48.1 Å². The molecule has 3 aromatic rings. The summed E-state index contributed by atoms with van der Waals surface area (Å²) >= 11 is 0. The van der Waals surface area contributed by atoms with Crippen molar-refractivity contribution in [1.29, 1.82) is 0 Å². The number of hydrogen-bond donors (Lipinski definition) is 2. The van der Waals surface area contributed by atoms with Crippen molar-refractivity contribution in [2.45, 2.75) is 57.5 Å². The summed E-state index contributed by atoms with van der Waals surface area (Å²) in [6.45, 7) is 3.12. The first-order chi connectivity index (χ1) is 17.9. The Morgan fingerprint density at radius 1 is 1.18 bits per heavy atom. The van der Waals surface area contributed by atoms with Gasteiger partial charge in [-0.3, -0.25) is 4.79 Å². The zero-order chi connectivity index (χ0) is 27.4. The molecule has 2 aliphatic rings. The molecule has 1 aromatic carbocycles. The van der Waals surface area contributed by atoms with E-state index in [0.29, 0.717) is 36.9 Å². The number of H-pyrrole nitrogens is 1. The summed E-state index contributed by atoms with van der Waals surface area (Å²) in [7, 11) is 0.876. The van der Waals surface area contributed by atoms with Gasteiger partial charge < -0.3 is 24.6 Å². The fourth-order valence-corrected chi connectivity index (χ4v) is 5.57. The number of ether oxygens (including phenoxy) is 1. The molecule has 0 aliphatic carbocycles. The average molecular weight is 531 g/mol. The molecule has 0 spiro atoms. The Bertz CT molecular complexity index is 1420. The zero-order valence-corrected chi connectivity index (χ0v) is 21.4. The molecule has 2 N–H and O–H groups in total. The molecule has 2 aromatic heterocycles. The number of amides is 2. The van der Waals surface area contributed by atoms with Crippen LogP contribution in [0.25, 0.3) is 22.2 Å². The van der Waals surface area contributed by atoms with Gasteiger partial charge in [-0.1, -0.05) is 6.07 Å². The summed E-state index contributed by atoms with van der Waals surface area (Å²) in [5, 5.41) is 10.8. The highest BCUT2D eigenvalue weighted by molar-refractivity contribution is 5.87. The molecule has 4 heterocycles. The van der Waals surface area contributed by atoms with Gasteiger partial charge in [0.25, 0.3) is 5.91 Å². The number of methoxy groups -OCH3 is 1. The number of aryl methyl sites for hydroxylation is 1. The first-order valence-electron chi connectivity index (χ1n) is 12.4. The predicted molar refractivity (Wildman–Crippen MR) is 134 cm³/mol. The Kier molecular flexibility index (Phi) is 6.37. The number of alkyl halides is 3. The SMILES string of the molecule is COC(C)(C(=O)N1CCc2cc(-c3cnc4[nH]cc(C)c4c3)cc(C3CCCN3C(=O)O)c2C1)C(F)(F)F. The lowest BCUT2D eigenvalue weighted by atomic mass is 9.86. The van der Waals surface area contributed by atoms with E-state index in [1.54, 1.807) is 6.20 Å². The maximum atomic E-state index is 13.8. The van der Waals surface area contributed by atoms with E-state index in [-0.39, 0.29) is 13.1 Å². The molecule has 2 atom stereocenters. The number of hydrogen-bond acceptors (Lipinski definition) is 4. The number of rotatable bonds is 4. The monoisotopic (exact) mass is 530 g/mol. The first-order valence-corrected chi connectivity index (χ1v) is 12.4. The van der Waals surface area contributed by atoms with Crippen molar-refractivity contribution in [3.8, 4) is 11.1 Å². The molecule has 38 heavy (non-hydrogen) atoms. The highest BCUT2D eigenvalue weighted by atomic mass is 19.4. The van der Waals surface area contributed by atoms with Crippen LogP contribution in [0, 0.1) is 6.92 Å². The Hall–Kier alpha value is -3.60. The normalized spacial score (nSPS) is 19.5. The third-order valence-corrected chi connectivity index (χ3v) is 7.95. The molecule has 11 heteroatoms. The first kappa shape index (κ1) is 26.0. The fraction of sp³-hybridized carbons (Fsp3) is 0.444. The molecule has 0 saturated carbocycles. The molecular weight excluding hydrogens is 501 g/mol. The van der Waals surface area contributed by atoms with Crippen molar-refractivity contribution >= 4 is 23.0 Å². The second kappa shape index (κ2) is 9.30. The third kappa shape index (κ3) is 4.18. The van der Waals surface area contributed by atoms with Gasteiger partial charge in [0.05, 0.1) is 6.04 Å². The number of pyridine rings is 1. The van der Waals surface area contributed by atoms with Gasteiger partial charge in [0.15, 0.2) is 0 Å². The summed E-state index contributed by atoms with van der Waals surface area (Å²) in [5.74, 6) is -1.16. The van der Waals surface area contributed by atoms with Crippen LogP contribution in [-0.2, 0) is 22.5 Å². The van der Waals surface area contributed by atoms with Gasteiger partial charge in [0.2, 0.25) is 5.60 Å². The summed E-state index contributed by atoms with van der Waals surface area (Å²) in [5.41, 5.74) is 2.83. The van der Waals surface area contributed by atoms with E-state index >= 15 is 0 Å². The summed E-state index contributed by atoms with van der Waals surface area (Å²) < 4.78 is 46.0. The second-order valence-corrected chi connectivity index (χ2v) is 10.1. The van der Waals surface area contributed by atoms with Gasteiger partial charge in [0.1, 0.15) is 5.65 Å². The second-order valence-electron chi connectivity index (χ2n) is 10.1. The number of fused-ring (bicyclic) bond motifs is 2. The van der Waals surface area contributed by atoms with Crippen LogP contribution in [0.3, 0.4) is 0 Å². The number of benzene rings is 1. The van der Waals surface area contributed by atoms with Crippen LogP contribution in [0.15, 0.2) is 30.6 Å². The molecule has 0 radical (unpaired) electrons. The molecule has 2 aliphatic heterocycles. The van der Waals surface area contributed by atoms with Crippen molar-refractivity contribution in [3.05, 3.63) is 52.8 Å². The number of carboxylic acid groups (broad SMARTS) is 1. The Labute approximate surface area is 217 Å². The van der Waals surface area contributed by atoms with E-state index in [9.17, 15) is 27.9 Å². The number of carbonyl (C=O) groups is 2. The molecule has 0 bridgehead atoms. The molecule has 202 valence electrons. The number of nitrogens with zero attached hydrogens (tertiary/aromatic N) is 3. The third-order valence-electron chi connectivity index (χ3n) is 7.95. The highest BCUT2D eigenvalue weighted by Gasteiger charge is 2.59. The summed E-state index contributed by atoms with van der Waals surface area (Å²) in [6.07, 6.45) is -0.724. The smallest absolute Gasteiger partial charge is 0.426 e. The summed E-state index contributed by atoms with van der Waals surface area (Å²) in [4.78, 5) is 35.3. The maximum absolute atomic E-state index is 13.8. The number of aromatic amines is 1. The lowest BCUT2D eigenvalue weighted by Gasteiger charge is -2.38. The minimum Gasteiger partial charge on any atom is -0.465 e. The quantitative estimate of drug-likeness (QED) is 0.483. The highest BCUT2D eigenvalue weighted by Crippen LogP contribution is 2.41. The van der Waals surface area contributed by atoms with Gasteiger partial charge in [-0.2, -0.15) is 13.2 Å². The minimum atomic E-state index is -4.89. The minimum absolute atomic E-state index is 0.0586. The van der Waals surface area contributed by atoms with Crippen LogP contribution >= 0.6 is 0 Å². The van der Waals surface area contributed by atoms with Crippen molar-refractivity contribution < 1.29 is 32.6 Å². The number of halogens is 3. The molecule has 5 rings (SSSR count). The van der Waals surface area contributed by atoms with Gasteiger partial charge in [0, 0.05) is 50.1 Å². The van der Waals surface area contributed by atoms with Gasteiger partial charge in [-0.15, -0.1) is 0 Å². The van der Waals surface area contributed by atoms with E-state index in [2.05, 4.69) is 14.7 Å². The molecular formula is C27H29F3N4O4. The van der Waals surface area contributed by atoms with Crippen LogP contribution in [-0.4, -0.2) is 68.9 Å². The van der Waals surface area contributed by atoms with Gasteiger partial charge >= 0.3 is 12.3 Å². The van der Waals surface area contributed by atoms with Gasteiger partial charge in [-0.05, 0) is 73.1 Å². The average Bonchev–Trinajstić information content (AvgIpc) is 3.53. The van der Waals surface area contributed by atoms with Crippen LogP contribution in [0.2, 0.25) is 0 Å². The van der Waals surface area contributed by atoms with Crippen LogP contribution < -0.4 is 0 Å². The van der Waals surface area contributed by atoms with Crippen LogP contribution in [0.5, 0.6) is 0 Å². The largest absolute Gasteiger partial charge is 0.465 e. The lowest BCUT2D eigenvalue weighted by molar-refractivity contribution is -0.258. The summed E-state index contributed by atoms with van der Waals surface area (Å²) in [6, 6.07) is 5.45. The van der Waals surface area contributed by atoms with Crippen molar-refractivity contribution in [3.63, 3.8) is 0 Å². The van der Waals surface area contributed by atoms with Gasteiger partial charge in [-0.25, -0.2) is 9.78 Å². The molecule has 2 amide bonds. The maximum Gasteiger partial charge on any atom is 0.426 e. The number of likely N-dealkylation sites (tertiary alicyclic amines) is 1. The molecule has 1 saturated heterocycles. The number of nitrogens with one attached hydrogen (secondary N) is 1. The molecule has 2 unspecified atom stereocenters. The van der Waals surface area contributed by atoms with E-state index in [1.165, 1.54) is 9.80 Å². The fourth-order valence-electron chi connectivity index (χ4n) is 5.57. The molecule has 8 nitrogen and oxygen atoms in total. The van der Waals surface area contributed by atoms with E-state index in [4.69, 9.17) is 0 Å². The zero-order valence-electron chi connectivity index (χ0n) is 21.4. The van der Waals surface area contributed by atoms with E-state index in [1.807, 2.05) is 31.3 Å². The van der Waals surface area contributed by atoms with E-state index < -0.39 is 29.8 Å². The Balaban J connectivity index is 1.60. The molecule has 1 fully saturated rings.